The van der Waals surface area contributed by atoms with E-state index in [-0.39, 0.29) is 35.1 Å². The van der Waals surface area contributed by atoms with Crippen molar-refractivity contribution >= 4 is 29.3 Å². The molecule has 172 valence electrons. The molecule has 1 aliphatic rings. The summed E-state index contributed by atoms with van der Waals surface area (Å²) in [6, 6.07) is 6.16. The molecule has 2 rings (SSSR count). The number of benzene rings is 1. The Morgan fingerprint density at radius 3 is 2.29 bits per heavy atom. The monoisotopic (exact) mass is 449 g/mol. The highest BCUT2D eigenvalue weighted by atomic mass is 35.5. The van der Waals surface area contributed by atoms with Gasteiger partial charge in [0, 0.05) is 25.6 Å². The van der Waals surface area contributed by atoms with Crippen LogP contribution in [0.2, 0.25) is 5.02 Å². The van der Waals surface area contributed by atoms with Crippen LogP contribution in [0.15, 0.2) is 24.3 Å². The predicted molar refractivity (Wildman–Crippen MR) is 124 cm³/mol. The van der Waals surface area contributed by atoms with Crippen LogP contribution in [0.4, 0.5) is 0 Å². The van der Waals surface area contributed by atoms with E-state index in [1.54, 1.807) is 24.3 Å². The smallest absolute Gasteiger partial charge is 0.253 e. The van der Waals surface area contributed by atoms with E-state index in [1.165, 1.54) is 0 Å². The number of rotatable bonds is 7. The number of carbonyl (C=O) groups is 3. The second-order valence-corrected chi connectivity index (χ2v) is 10.1. The summed E-state index contributed by atoms with van der Waals surface area (Å²) in [7, 11) is 0. The van der Waals surface area contributed by atoms with Crippen LogP contribution in [-0.2, 0) is 9.59 Å². The molecule has 0 unspecified atom stereocenters. The molecule has 3 amide bonds. The van der Waals surface area contributed by atoms with Gasteiger partial charge >= 0.3 is 0 Å². The van der Waals surface area contributed by atoms with Crippen molar-refractivity contribution in [1.82, 2.24) is 15.5 Å². The van der Waals surface area contributed by atoms with Crippen LogP contribution < -0.4 is 10.6 Å². The Kier molecular flexibility index (Phi) is 8.92. The van der Waals surface area contributed by atoms with Gasteiger partial charge < -0.3 is 15.5 Å². The molecule has 0 aromatic heterocycles. The Morgan fingerprint density at radius 2 is 1.74 bits per heavy atom. The molecule has 7 heteroatoms. The number of carbonyl (C=O) groups excluding carboxylic acids is 3. The zero-order valence-corrected chi connectivity index (χ0v) is 20.1. The predicted octanol–water partition coefficient (Wildman–Crippen LogP) is 4.03. The largest absolute Gasteiger partial charge is 0.352 e. The molecular weight excluding hydrogens is 414 g/mol. The molecule has 0 bridgehead atoms. The summed E-state index contributed by atoms with van der Waals surface area (Å²) in [5.41, 5.74) is 0.290. The van der Waals surface area contributed by atoms with Gasteiger partial charge in [0.05, 0.1) is 10.6 Å². The minimum atomic E-state index is -0.669. The number of piperidine rings is 1. The van der Waals surface area contributed by atoms with E-state index in [0.29, 0.717) is 42.9 Å². The van der Waals surface area contributed by atoms with Crippen molar-refractivity contribution in [3.63, 3.8) is 0 Å². The van der Waals surface area contributed by atoms with Crippen molar-refractivity contribution in [2.75, 3.05) is 13.1 Å². The summed E-state index contributed by atoms with van der Waals surface area (Å²) in [5.74, 6) is -0.448. The first-order valence-corrected chi connectivity index (χ1v) is 11.5. The molecule has 0 aliphatic carbocycles. The first kappa shape index (κ1) is 25.2. The zero-order valence-electron chi connectivity index (χ0n) is 19.3. The second-order valence-electron chi connectivity index (χ2n) is 9.70. The van der Waals surface area contributed by atoms with Crippen LogP contribution in [0.5, 0.6) is 0 Å². The molecule has 6 nitrogen and oxygen atoms in total. The Morgan fingerprint density at radius 1 is 1.13 bits per heavy atom. The van der Waals surface area contributed by atoms with E-state index in [9.17, 15) is 14.4 Å². The lowest BCUT2D eigenvalue weighted by Crippen LogP contribution is -2.55. The third kappa shape index (κ3) is 7.53. The van der Waals surface area contributed by atoms with E-state index in [4.69, 9.17) is 11.6 Å². The summed E-state index contributed by atoms with van der Waals surface area (Å²) in [6.45, 7) is 11.3. The normalized spacial score (nSPS) is 17.0. The Bertz CT molecular complexity index is 783. The highest BCUT2D eigenvalue weighted by molar-refractivity contribution is 6.33. The fourth-order valence-electron chi connectivity index (χ4n) is 3.74. The Labute approximate surface area is 191 Å². The van der Waals surface area contributed by atoms with Crippen molar-refractivity contribution in [3.8, 4) is 0 Å². The summed E-state index contributed by atoms with van der Waals surface area (Å²) < 4.78 is 0. The first-order valence-electron chi connectivity index (χ1n) is 11.2. The van der Waals surface area contributed by atoms with Gasteiger partial charge in [-0.25, -0.2) is 0 Å². The summed E-state index contributed by atoms with van der Waals surface area (Å²) in [6.07, 6.45) is 2.63. The highest BCUT2D eigenvalue weighted by Crippen LogP contribution is 2.26. The molecule has 1 fully saturated rings. The van der Waals surface area contributed by atoms with Crippen LogP contribution in [0.1, 0.15) is 70.7 Å². The van der Waals surface area contributed by atoms with E-state index in [2.05, 4.69) is 31.4 Å². The molecular formula is C24H36ClN3O3. The van der Waals surface area contributed by atoms with Gasteiger partial charge in [-0.2, -0.15) is 0 Å². The van der Waals surface area contributed by atoms with Gasteiger partial charge in [-0.05, 0) is 49.7 Å². The number of halogens is 1. The molecule has 2 N–H and O–H groups in total. The summed E-state index contributed by atoms with van der Waals surface area (Å²) >= 11 is 6.18. The third-order valence-corrected chi connectivity index (χ3v) is 6.06. The van der Waals surface area contributed by atoms with Gasteiger partial charge in [-0.3, -0.25) is 14.4 Å². The molecule has 1 saturated heterocycles. The molecule has 1 aliphatic heterocycles. The molecule has 2 atom stereocenters. The number of hydrogen-bond donors (Lipinski definition) is 2. The van der Waals surface area contributed by atoms with Gasteiger partial charge in [0.25, 0.3) is 5.91 Å². The standard InChI is InChI=1S/C24H36ClN3O3/c1-6-16(2)26-23(31)21(27-22(30)18-9-7-8-10-19(18)25)17-11-13-28(14-12-17)20(29)15-24(3,4)5/h7-10,16-17,21H,6,11-15H2,1-5H3,(H,26,31)(H,27,30)/t16-,21+/m0/s1. The lowest BCUT2D eigenvalue weighted by atomic mass is 9.87. The maximum absolute atomic E-state index is 13.0. The molecule has 1 aromatic carbocycles. The Balaban J connectivity index is 2.11. The topological polar surface area (TPSA) is 78.5 Å². The maximum Gasteiger partial charge on any atom is 0.253 e. The van der Waals surface area contributed by atoms with Gasteiger partial charge in [-0.1, -0.05) is 51.4 Å². The number of nitrogens with one attached hydrogen (secondary N) is 2. The lowest BCUT2D eigenvalue weighted by molar-refractivity contribution is -0.134. The average Bonchev–Trinajstić information content (AvgIpc) is 2.70. The van der Waals surface area contributed by atoms with Gasteiger partial charge in [-0.15, -0.1) is 0 Å². The number of hydrogen-bond acceptors (Lipinski definition) is 3. The van der Waals surface area contributed by atoms with E-state index >= 15 is 0 Å². The molecule has 1 heterocycles. The summed E-state index contributed by atoms with van der Waals surface area (Å²) in [4.78, 5) is 40.3. The minimum Gasteiger partial charge on any atom is -0.352 e. The minimum absolute atomic E-state index is 0.0145. The van der Waals surface area contributed by atoms with Gasteiger partial charge in [0.1, 0.15) is 6.04 Å². The Hall–Kier alpha value is -2.08. The van der Waals surface area contributed by atoms with Crippen molar-refractivity contribution < 1.29 is 14.4 Å². The quantitative estimate of drug-likeness (QED) is 0.659. The van der Waals surface area contributed by atoms with Crippen LogP contribution >= 0.6 is 11.6 Å². The first-order chi connectivity index (χ1) is 14.5. The third-order valence-electron chi connectivity index (χ3n) is 5.73. The van der Waals surface area contributed by atoms with Crippen LogP contribution in [0, 0.1) is 11.3 Å². The van der Waals surface area contributed by atoms with Gasteiger partial charge in [0.15, 0.2) is 0 Å². The van der Waals surface area contributed by atoms with Crippen molar-refractivity contribution in [1.29, 1.82) is 0 Å². The molecule has 0 saturated carbocycles. The molecule has 1 aromatic rings. The highest BCUT2D eigenvalue weighted by Gasteiger charge is 2.35. The van der Waals surface area contributed by atoms with Crippen LogP contribution in [0.25, 0.3) is 0 Å². The van der Waals surface area contributed by atoms with E-state index in [0.717, 1.165) is 6.42 Å². The molecule has 31 heavy (non-hydrogen) atoms. The van der Waals surface area contributed by atoms with Crippen LogP contribution in [-0.4, -0.2) is 47.8 Å². The SMILES string of the molecule is CC[C@H](C)NC(=O)[C@H](NC(=O)c1ccccc1Cl)C1CCN(C(=O)CC(C)(C)C)CC1. The fraction of sp³-hybridized carbons (Fsp3) is 0.625. The lowest BCUT2D eigenvalue weighted by Gasteiger charge is -2.37. The number of amides is 3. The van der Waals surface area contributed by atoms with Gasteiger partial charge in [0.2, 0.25) is 11.8 Å². The maximum atomic E-state index is 13.0. The molecule has 0 spiro atoms. The average molecular weight is 450 g/mol. The van der Waals surface area contributed by atoms with Crippen molar-refractivity contribution in [2.45, 2.75) is 72.4 Å². The van der Waals surface area contributed by atoms with Crippen molar-refractivity contribution in [3.05, 3.63) is 34.9 Å². The molecule has 0 radical (unpaired) electrons. The van der Waals surface area contributed by atoms with E-state index in [1.807, 2.05) is 18.7 Å². The second kappa shape index (κ2) is 11.0. The van der Waals surface area contributed by atoms with Crippen LogP contribution in [0.3, 0.4) is 0 Å². The summed E-state index contributed by atoms with van der Waals surface area (Å²) in [5, 5.41) is 6.26. The van der Waals surface area contributed by atoms with Crippen molar-refractivity contribution in [2.24, 2.45) is 11.3 Å². The number of likely N-dealkylation sites (tertiary alicyclic amines) is 1. The van der Waals surface area contributed by atoms with E-state index < -0.39 is 6.04 Å². The zero-order chi connectivity index (χ0) is 23.2. The number of nitrogens with zero attached hydrogens (tertiary/aromatic N) is 1. The fourth-order valence-corrected chi connectivity index (χ4v) is 3.97.